The minimum atomic E-state index is 0.00333. The highest BCUT2D eigenvalue weighted by Crippen LogP contribution is 2.28. The van der Waals surface area contributed by atoms with Gasteiger partial charge in [-0.05, 0) is 35.9 Å². The molecule has 0 radical (unpaired) electrons. The first-order valence-electron chi connectivity index (χ1n) is 8.81. The van der Waals surface area contributed by atoms with Crippen LogP contribution >= 0.6 is 11.6 Å². The van der Waals surface area contributed by atoms with Gasteiger partial charge in [0.1, 0.15) is 0 Å². The molecule has 0 unspecified atom stereocenters. The van der Waals surface area contributed by atoms with E-state index in [1.807, 2.05) is 47.4 Å². The third kappa shape index (κ3) is 4.55. The van der Waals surface area contributed by atoms with Crippen molar-refractivity contribution in [2.75, 3.05) is 45.3 Å². The molecule has 2 aromatic carbocycles. The molecule has 0 bridgehead atoms. The molecule has 2 aromatic rings. The molecule has 142 valence electrons. The Hall–Kier alpha value is -2.66. The largest absolute Gasteiger partial charge is 0.493 e. The van der Waals surface area contributed by atoms with Crippen LogP contribution in [0.1, 0.15) is 5.56 Å². The van der Waals surface area contributed by atoms with E-state index in [1.54, 1.807) is 26.4 Å². The fourth-order valence-corrected chi connectivity index (χ4v) is 3.36. The van der Waals surface area contributed by atoms with Crippen LogP contribution in [0.2, 0.25) is 5.02 Å². The topological polar surface area (TPSA) is 42.0 Å². The average molecular weight is 387 g/mol. The second-order valence-corrected chi connectivity index (χ2v) is 6.62. The summed E-state index contributed by atoms with van der Waals surface area (Å²) < 4.78 is 10.5. The number of amides is 1. The van der Waals surface area contributed by atoms with Gasteiger partial charge in [0.05, 0.1) is 24.9 Å². The lowest BCUT2D eigenvalue weighted by molar-refractivity contribution is -0.126. The Bertz CT molecular complexity index is 830. The van der Waals surface area contributed by atoms with E-state index < -0.39 is 0 Å². The van der Waals surface area contributed by atoms with Gasteiger partial charge in [-0.3, -0.25) is 4.79 Å². The smallest absolute Gasteiger partial charge is 0.246 e. The predicted octanol–water partition coefficient (Wildman–Crippen LogP) is 3.72. The number of benzene rings is 2. The van der Waals surface area contributed by atoms with Crippen LogP contribution in [0.25, 0.3) is 6.08 Å². The zero-order chi connectivity index (χ0) is 19.2. The molecular weight excluding hydrogens is 364 g/mol. The number of ether oxygens (including phenoxy) is 2. The number of piperazine rings is 1. The third-order valence-electron chi connectivity index (χ3n) is 4.61. The van der Waals surface area contributed by atoms with Gasteiger partial charge in [0, 0.05) is 32.3 Å². The molecule has 1 heterocycles. The molecule has 1 saturated heterocycles. The molecule has 0 saturated carbocycles. The minimum Gasteiger partial charge on any atom is -0.493 e. The van der Waals surface area contributed by atoms with Crippen LogP contribution in [0.15, 0.2) is 48.5 Å². The van der Waals surface area contributed by atoms with Gasteiger partial charge in [-0.2, -0.15) is 0 Å². The standard InChI is InChI=1S/C21H23ClN2O3/c1-26-19-9-7-16(15-20(19)27-2)8-10-21(25)24-13-11-23(12-14-24)18-6-4-3-5-17(18)22/h3-10,15H,11-14H2,1-2H3/b10-8+. The molecule has 1 amide bonds. The van der Waals surface area contributed by atoms with E-state index in [1.165, 1.54) is 0 Å². The Labute approximate surface area is 164 Å². The normalized spacial score (nSPS) is 14.5. The molecule has 1 aliphatic heterocycles. The number of anilines is 1. The Balaban J connectivity index is 1.60. The van der Waals surface area contributed by atoms with E-state index in [9.17, 15) is 4.79 Å². The number of carbonyl (C=O) groups is 1. The SMILES string of the molecule is COc1ccc(/C=C/C(=O)N2CCN(c3ccccc3Cl)CC2)cc1OC. The van der Waals surface area contributed by atoms with Crippen molar-refractivity contribution >= 4 is 29.3 Å². The predicted molar refractivity (Wildman–Crippen MR) is 109 cm³/mol. The average Bonchev–Trinajstić information content (AvgIpc) is 2.72. The number of rotatable bonds is 5. The molecule has 3 rings (SSSR count). The lowest BCUT2D eigenvalue weighted by Gasteiger charge is -2.36. The van der Waals surface area contributed by atoms with Crippen molar-refractivity contribution in [3.63, 3.8) is 0 Å². The fraction of sp³-hybridized carbons (Fsp3) is 0.286. The Morgan fingerprint density at radius 1 is 1.00 bits per heavy atom. The highest BCUT2D eigenvalue weighted by molar-refractivity contribution is 6.33. The van der Waals surface area contributed by atoms with Crippen molar-refractivity contribution < 1.29 is 14.3 Å². The minimum absolute atomic E-state index is 0.00333. The summed E-state index contributed by atoms with van der Waals surface area (Å²) in [4.78, 5) is 16.6. The number of hydrogen-bond donors (Lipinski definition) is 0. The molecule has 0 atom stereocenters. The van der Waals surface area contributed by atoms with Gasteiger partial charge >= 0.3 is 0 Å². The lowest BCUT2D eigenvalue weighted by Crippen LogP contribution is -2.48. The van der Waals surface area contributed by atoms with Gasteiger partial charge in [0.15, 0.2) is 11.5 Å². The molecule has 1 aliphatic rings. The van der Waals surface area contributed by atoms with Crippen molar-refractivity contribution in [3.8, 4) is 11.5 Å². The van der Waals surface area contributed by atoms with Crippen molar-refractivity contribution in [1.82, 2.24) is 4.90 Å². The van der Waals surface area contributed by atoms with E-state index >= 15 is 0 Å². The molecule has 5 nitrogen and oxygen atoms in total. The van der Waals surface area contributed by atoms with E-state index in [-0.39, 0.29) is 5.91 Å². The maximum Gasteiger partial charge on any atom is 0.246 e. The molecule has 6 heteroatoms. The quantitative estimate of drug-likeness (QED) is 0.734. The Morgan fingerprint density at radius 3 is 2.37 bits per heavy atom. The molecular formula is C21H23ClN2O3. The van der Waals surface area contributed by atoms with Gasteiger partial charge < -0.3 is 19.3 Å². The number of carbonyl (C=O) groups excluding carboxylic acids is 1. The number of hydrogen-bond acceptors (Lipinski definition) is 4. The van der Waals surface area contributed by atoms with E-state index in [0.717, 1.165) is 29.4 Å². The van der Waals surface area contributed by atoms with Crippen LogP contribution in [0.5, 0.6) is 11.5 Å². The van der Waals surface area contributed by atoms with Gasteiger partial charge in [-0.25, -0.2) is 0 Å². The Kier molecular flexibility index (Phi) is 6.24. The first kappa shape index (κ1) is 19.1. The Morgan fingerprint density at radius 2 is 1.70 bits per heavy atom. The van der Waals surface area contributed by atoms with Crippen molar-refractivity contribution in [1.29, 1.82) is 0 Å². The summed E-state index contributed by atoms with van der Waals surface area (Å²) in [5.41, 5.74) is 1.91. The molecule has 0 aromatic heterocycles. The van der Waals surface area contributed by atoms with Crippen molar-refractivity contribution in [2.24, 2.45) is 0 Å². The summed E-state index contributed by atoms with van der Waals surface area (Å²) >= 11 is 6.27. The monoisotopic (exact) mass is 386 g/mol. The second kappa shape index (κ2) is 8.82. The molecule has 0 aliphatic carbocycles. The zero-order valence-corrected chi connectivity index (χ0v) is 16.3. The van der Waals surface area contributed by atoms with E-state index in [4.69, 9.17) is 21.1 Å². The summed E-state index contributed by atoms with van der Waals surface area (Å²) in [5, 5.41) is 0.741. The highest BCUT2D eigenvalue weighted by Gasteiger charge is 2.20. The van der Waals surface area contributed by atoms with Crippen LogP contribution in [0.3, 0.4) is 0 Å². The summed E-state index contributed by atoms with van der Waals surface area (Å²) in [7, 11) is 3.19. The summed E-state index contributed by atoms with van der Waals surface area (Å²) in [6, 6.07) is 13.4. The summed E-state index contributed by atoms with van der Waals surface area (Å²) in [6.45, 7) is 2.86. The van der Waals surface area contributed by atoms with E-state index in [0.29, 0.717) is 24.6 Å². The van der Waals surface area contributed by atoms with Gasteiger partial charge in [-0.15, -0.1) is 0 Å². The number of nitrogens with zero attached hydrogens (tertiary/aromatic N) is 2. The third-order valence-corrected chi connectivity index (χ3v) is 4.93. The number of halogens is 1. The molecule has 0 N–H and O–H groups in total. The first-order valence-corrected chi connectivity index (χ1v) is 9.18. The van der Waals surface area contributed by atoms with E-state index in [2.05, 4.69) is 4.90 Å². The molecule has 1 fully saturated rings. The van der Waals surface area contributed by atoms with Crippen molar-refractivity contribution in [3.05, 3.63) is 59.1 Å². The maximum absolute atomic E-state index is 12.5. The number of para-hydroxylation sites is 1. The number of methoxy groups -OCH3 is 2. The van der Waals surface area contributed by atoms with Crippen molar-refractivity contribution in [2.45, 2.75) is 0 Å². The second-order valence-electron chi connectivity index (χ2n) is 6.21. The first-order chi connectivity index (χ1) is 13.1. The maximum atomic E-state index is 12.5. The van der Waals surface area contributed by atoms with Gasteiger partial charge in [-0.1, -0.05) is 29.8 Å². The van der Waals surface area contributed by atoms with Crippen LogP contribution in [0, 0.1) is 0 Å². The molecule has 27 heavy (non-hydrogen) atoms. The van der Waals surface area contributed by atoms with Crippen LogP contribution in [-0.2, 0) is 4.79 Å². The highest BCUT2D eigenvalue weighted by atomic mass is 35.5. The van der Waals surface area contributed by atoms with Crippen LogP contribution in [0.4, 0.5) is 5.69 Å². The van der Waals surface area contributed by atoms with Gasteiger partial charge in [0.2, 0.25) is 5.91 Å². The molecule has 0 spiro atoms. The lowest BCUT2D eigenvalue weighted by atomic mass is 10.1. The van der Waals surface area contributed by atoms with Gasteiger partial charge in [0.25, 0.3) is 0 Å². The summed E-state index contributed by atoms with van der Waals surface area (Å²) in [6.07, 6.45) is 3.40. The van der Waals surface area contributed by atoms with Crippen LogP contribution in [-0.4, -0.2) is 51.2 Å². The fourth-order valence-electron chi connectivity index (χ4n) is 3.11. The van der Waals surface area contributed by atoms with Crippen LogP contribution < -0.4 is 14.4 Å². The zero-order valence-electron chi connectivity index (χ0n) is 15.5. The summed E-state index contributed by atoms with van der Waals surface area (Å²) in [5.74, 6) is 1.31.